The zero-order chi connectivity index (χ0) is 4.71. The zero-order valence-electron chi connectivity index (χ0n) is 4.68. The fourth-order valence-electron chi connectivity index (χ4n) is 0. The van der Waals surface area contributed by atoms with E-state index in [1.165, 1.54) is 7.05 Å². The van der Waals surface area contributed by atoms with E-state index in [0.29, 0.717) is 0 Å². The average molecular weight is 149 g/mol. The van der Waals surface area contributed by atoms with Crippen molar-refractivity contribution in [3.8, 4) is 0 Å². The molecule has 0 heterocycles. The highest BCUT2D eigenvalue weighted by Gasteiger charge is 1.32. The second kappa shape index (κ2) is 87.4. The number of hydrogen-bond acceptors (Lipinski definition) is 2. The smallest absolute Gasteiger partial charge is 0.0106 e. The van der Waals surface area contributed by atoms with Crippen LogP contribution in [0.25, 0.3) is 0 Å². The minimum Gasteiger partial charge on any atom is -0.333 e. The number of nitrogens with two attached hydrogens (primary N) is 2. The second-order valence-corrected chi connectivity index (χ2v) is 0.408. The SMILES string of the molecule is CCN.CN.Cl.Cl. The van der Waals surface area contributed by atoms with Crippen LogP contribution in [0.3, 0.4) is 0 Å². The molecule has 4 heteroatoms. The largest absolute Gasteiger partial charge is 0.333 e. The molecule has 0 aliphatic carbocycles. The lowest BCUT2D eigenvalue weighted by molar-refractivity contribution is 1.14. The summed E-state index contributed by atoms with van der Waals surface area (Å²) < 4.78 is 0. The molecule has 0 bridgehead atoms. The van der Waals surface area contributed by atoms with Gasteiger partial charge in [-0.25, -0.2) is 0 Å². The highest BCUT2D eigenvalue weighted by Crippen LogP contribution is 1.20. The molecule has 0 spiro atoms. The maximum atomic E-state index is 4.85. The first kappa shape index (κ1) is 25.9. The van der Waals surface area contributed by atoms with Gasteiger partial charge in [0.05, 0.1) is 0 Å². The van der Waals surface area contributed by atoms with Crippen molar-refractivity contribution in [2.24, 2.45) is 11.5 Å². The van der Waals surface area contributed by atoms with Gasteiger partial charge in [-0.3, -0.25) is 0 Å². The second-order valence-electron chi connectivity index (χ2n) is 0.408. The number of hydrogen-bond donors (Lipinski definition) is 2. The summed E-state index contributed by atoms with van der Waals surface area (Å²) in [5.74, 6) is 0. The Balaban J connectivity index is -0.0000000105. The molecule has 4 N–H and O–H groups in total. The predicted molar refractivity (Wildman–Crippen MR) is 39.3 cm³/mol. The van der Waals surface area contributed by atoms with Crippen LogP contribution in [0.2, 0.25) is 0 Å². The summed E-state index contributed by atoms with van der Waals surface area (Å²) in [6, 6.07) is 0. The molecule has 0 fully saturated rings. The summed E-state index contributed by atoms with van der Waals surface area (Å²) in [4.78, 5) is 0. The van der Waals surface area contributed by atoms with Gasteiger partial charge in [0.2, 0.25) is 0 Å². The van der Waals surface area contributed by atoms with Gasteiger partial charge in [0, 0.05) is 0 Å². The third-order valence-corrected chi connectivity index (χ3v) is 0. The quantitative estimate of drug-likeness (QED) is 0.523. The molecule has 0 atom stereocenters. The van der Waals surface area contributed by atoms with E-state index < -0.39 is 0 Å². The summed E-state index contributed by atoms with van der Waals surface area (Å²) >= 11 is 0. The molecule has 0 aliphatic rings. The Labute approximate surface area is 57.5 Å². The van der Waals surface area contributed by atoms with E-state index in [9.17, 15) is 0 Å². The monoisotopic (exact) mass is 148 g/mol. The normalized spacial score (nSPS) is 3.43. The summed E-state index contributed by atoms with van der Waals surface area (Å²) in [6.45, 7) is 2.65. The fourth-order valence-corrected chi connectivity index (χ4v) is 0. The molecule has 2 nitrogen and oxygen atoms in total. The molecule has 0 aliphatic heterocycles. The average Bonchev–Trinajstić information content (AvgIpc) is 1.46. The van der Waals surface area contributed by atoms with E-state index in [1.54, 1.807) is 0 Å². The Morgan fingerprint density at radius 3 is 1.14 bits per heavy atom. The first-order valence-electron chi connectivity index (χ1n) is 1.69. The van der Waals surface area contributed by atoms with E-state index in [0.717, 1.165) is 6.54 Å². The third kappa shape index (κ3) is 527. The Bertz CT molecular complexity index is 10.9. The van der Waals surface area contributed by atoms with Crippen LogP contribution in [0.5, 0.6) is 0 Å². The van der Waals surface area contributed by atoms with Crippen LogP contribution in [0, 0.1) is 0 Å². The Kier molecular flexibility index (Phi) is 323. The van der Waals surface area contributed by atoms with Gasteiger partial charge in [0.1, 0.15) is 0 Å². The molecule has 0 radical (unpaired) electrons. The van der Waals surface area contributed by atoms with Crippen LogP contribution in [0.4, 0.5) is 0 Å². The molecule has 0 aromatic rings. The van der Waals surface area contributed by atoms with Crippen LogP contribution < -0.4 is 11.5 Å². The summed E-state index contributed by atoms with van der Waals surface area (Å²) in [6.07, 6.45) is 0. The van der Waals surface area contributed by atoms with Crippen molar-refractivity contribution >= 4 is 24.8 Å². The van der Waals surface area contributed by atoms with E-state index in [-0.39, 0.29) is 24.8 Å². The highest BCUT2D eigenvalue weighted by molar-refractivity contribution is 5.85. The van der Waals surface area contributed by atoms with Crippen molar-refractivity contribution in [3.05, 3.63) is 0 Å². The predicted octanol–water partition coefficient (Wildman–Crippen LogP) is 0.384. The van der Waals surface area contributed by atoms with Gasteiger partial charge >= 0.3 is 0 Å². The molecule has 0 unspecified atom stereocenters. The summed E-state index contributed by atoms with van der Waals surface area (Å²) in [7, 11) is 1.50. The van der Waals surface area contributed by atoms with Gasteiger partial charge < -0.3 is 11.5 Å². The van der Waals surface area contributed by atoms with Crippen LogP contribution in [-0.2, 0) is 0 Å². The van der Waals surface area contributed by atoms with Crippen LogP contribution in [0.15, 0.2) is 0 Å². The minimum atomic E-state index is 0. The van der Waals surface area contributed by atoms with Crippen molar-refractivity contribution in [1.29, 1.82) is 0 Å². The summed E-state index contributed by atoms with van der Waals surface area (Å²) in [5.41, 5.74) is 9.35. The fraction of sp³-hybridized carbons (Fsp3) is 1.00. The molecule has 0 aromatic carbocycles. The van der Waals surface area contributed by atoms with Gasteiger partial charge in [0.25, 0.3) is 0 Å². The molecular weight excluding hydrogens is 135 g/mol. The van der Waals surface area contributed by atoms with E-state index >= 15 is 0 Å². The topological polar surface area (TPSA) is 52.0 Å². The van der Waals surface area contributed by atoms with Crippen molar-refractivity contribution < 1.29 is 0 Å². The van der Waals surface area contributed by atoms with Crippen LogP contribution >= 0.6 is 24.8 Å². The lowest BCUT2D eigenvalue weighted by Crippen LogP contribution is -1.87. The lowest BCUT2D eigenvalue weighted by atomic mass is 10.8. The van der Waals surface area contributed by atoms with Crippen molar-refractivity contribution in [1.82, 2.24) is 0 Å². The van der Waals surface area contributed by atoms with E-state index in [1.807, 2.05) is 6.92 Å². The molecular formula is C3H14Cl2N2. The first-order chi connectivity index (χ1) is 2.41. The van der Waals surface area contributed by atoms with Crippen LogP contribution in [-0.4, -0.2) is 13.6 Å². The van der Waals surface area contributed by atoms with Gasteiger partial charge in [-0.2, -0.15) is 0 Å². The van der Waals surface area contributed by atoms with Crippen LogP contribution in [0.1, 0.15) is 6.92 Å². The van der Waals surface area contributed by atoms with E-state index in [2.05, 4.69) is 5.73 Å². The Hall–Kier alpha value is 0.500. The van der Waals surface area contributed by atoms with E-state index in [4.69, 9.17) is 5.73 Å². The first-order valence-corrected chi connectivity index (χ1v) is 1.69. The highest BCUT2D eigenvalue weighted by atomic mass is 35.5. The van der Waals surface area contributed by atoms with Gasteiger partial charge in [-0.1, -0.05) is 6.92 Å². The third-order valence-electron chi connectivity index (χ3n) is 0. The lowest BCUT2D eigenvalue weighted by Gasteiger charge is -1.53. The Morgan fingerprint density at radius 2 is 1.14 bits per heavy atom. The minimum absolute atomic E-state index is 0. The maximum Gasteiger partial charge on any atom is -0.0106 e. The van der Waals surface area contributed by atoms with Crippen molar-refractivity contribution in [3.63, 3.8) is 0 Å². The molecule has 0 amide bonds. The maximum absolute atomic E-state index is 4.85. The molecule has 50 valence electrons. The molecule has 0 aromatic heterocycles. The molecule has 7 heavy (non-hydrogen) atoms. The number of rotatable bonds is 0. The summed E-state index contributed by atoms with van der Waals surface area (Å²) in [5, 5.41) is 0. The van der Waals surface area contributed by atoms with Gasteiger partial charge in [-0.05, 0) is 13.6 Å². The molecule has 0 rings (SSSR count). The van der Waals surface area contributed by atoms with Crippen molar-refractivity contribution in [2.75, 3.05) is 13.6 Å². The molecule has 0 saturated heterocycles. The van der Waals surface area contributed by atoms with Gasteiger partial charge in [0.15, 0.2) is 0 Å². The zero-order valence-corrected chi connectivity index (χ0v) is 6.31. The van der Waals surface area contributed by atoms with Gasteiger partial charge in [-0.15, -0.1) is 24.8 Å². The molecule has 0 saturated carbocycles. The van der Waals surface area contributed by atoms with Crippen molar-refractivity contribution in [2.45, 2.75) is 6.92 Å². The standard InChI is InChI=1S/C2H7N.CH5N.2ClH/c1-2-3;1-2;;/h2-3H2,1H3;2H2,1H3;2*1H. The number of halogens is 2. The Morgan fingerprint density at radius 1 is 1.14 bits per heavy atom.